The maximum Gasteiger partial charge on any atom is 0.119 e. The van der Waals surface area contributed by atoms with Gasteiger partial charge in [-0.2, -0.15) is 0 Å². The molecule has 18 heavy (non-hydrogen) atoms. The predicted octanol–water partition coefficient (Wildman–Crippen LogP) is 2.34. The Morgan fingerprint density at radius 1 is 1.06 bits per heavy atom. The highest BCUT2D eigenvalue weighted by atomic mass is 16.3. The minimum atomic E-state index is 0.228. The first-order valence-electron chi connectivity index (χ1n) is 5.65. The molecule has 0 aliphatic carbocycles. The van der Waals surface area contributed by atoms with Gasteiger partial charge in [0.2, 0.25) is 0 Å². The van der Waals surface area contributed by atoms with Crippen molar-refractivity contribution in [2.24, 2.45) is 0 Å². The van der Waals surface area contributed by atoms with E-state index >= 15 is 0 Å². The van der Waals surface area contributed by atoms with Crippen molar-refractivity contribution in [3.05, 3.63) is 60.2 Å². The van der Waals surface area contributed by atoms with Crippen LogP contribution < -0.4 is 0 Å². The number of pyridine rings is 1. The van der Waals surface area contributed by atoms with Gasteiger partial charge in [-0.05, 0) is 23.8 Å². The zero-order valence-electron chi connectivity index (χ0n) is 9.61. The molecule has 3 rings (SSSR count). The van der Waals surface area contributed by atoms with Crippen molar-refractivity contribution in [2.45, 2.75) is 6.42 Å². The normalized spacial score (nSPS) is 10.9. The monoisotopic (exact) mass is 240 g/mol. The van der Waals surface area contributed by atoms with E-state index in [9.17, 15) is 10.2 Å². The van der Waals surface area contributed by atoms with Crippen LogP contribution >= 0.6 is 0 Å². The van der Waals surface area contributed by atoms with Crippen LogP contribution in [0.4, 0.5) is 0 Å². The number of rotatable bonds is 2. The molecule has 0 atom stereocenters. The van der Waals surface area contributed by atoms with Gasteiger partial charge in [-0.1, -0.05) is 12.1 Å². The van der Waals surface area contributed by atoms with Gasteiger partial charge in [-0.3, -0.25) is 0 Å². The molecule has 90 valence electrons. The van der Waals surface area contributed by atoms with Crippen LogP contribution in [0.15, 0.2) is 48.8 Å². The number of hydrogen-bond acceptors (Lipinski definition) is 3. The zero-order chi connectivity index (χ0) is 12.5. The summed E-state index contributed by atoms with van der Waals surface area (Å²) in [5.41, 5.74) is 1.85. The predicted molar refractivity (Wildman–Crippen MR) is 67.8 cm³/mol. The highest BCUT2D eigenvalue weighted by Gasteiger charge is 2.05. The van der Waals surface area contributed by atoms with Crippen molar-refractivity contribution < 1.29 is 10.2 Å². The molecule has 4 heteroatoms. The van der Waals surface area contributed by atoms with Gasteiger partial charge in [-0.15, -0.1) is 0 Å². The number of imidazole rings is 1. The Morgan fingerprint density at radius 2 is 1.89 bits per heavy atom. The van der Waals surface area contributed by atoms with Gasteiger partial charge in [0.05, 0.1) is 11.7 Å². The summed E-state index contributed by atoms with van der Waals surface area (Å²) in [6.07, 6.45) is 4.14. The number of phenolic OH excluding ortho intramolecular Hbond substituents is 1. The van der Waals surface area contributed by atoms with Crippen molar-refractivity contribution >= 4 is 5.52 Å². The van der Waals surface area contributed by atoms with Crippen LogP contribution in [0, 0.1) is 0 Å². The average molecular weight is 240 g/mol. The summed E-state index contributed by atoms with van der Waals surface area (Å²) < 4.78 is 1.92. The number of hydrogen-bond donors (Lipinski definition) is 2. The molecule has 3 aromatic rings. The maximum absolute atomic E-state index is 9.43. The molecule has 0 bridgehead atoms. The van der Waals surface area contributed by atoms with E-state index in [1.54, 1.807) is 36.7 Å². The largest absolute Gasteiger partial charge is 0.508 e. The summed E-state index contributed by atoms with van der Waals surface area (Å²) >= 11 is 0. The first kappa shape index (κ1) is 10.7. The van der Waals surface area contributed by atoms with E-state index in [-0.39, 0.29) is 11.5 Å². The van der Waals surface area contributed by atoms with Gasteiger partial charge in [0.25, 0.3) is 0 Å². The lowest BCUT2D eigenvalue weighted by Gasteiger charge is -2.02. The fraction of sp³-hybridized carbons (Fsp3) is 0.0714. The molecule has 0 radical (unpaired) electrons. The number of aromatic nitrogens is 2. The molecular formula is C14H12N2O2. The van der Waals surface area contributed by atoms with Gasteiger partial charge in [0.1, 0.15) is 17.3 Å². The molecule has 1 aromatic carbocycles. The summed E-state index contributed by atoms with van der Waals surface area (Å²) in [6, 6.07) is 10.4. The number of fused-ring (bicyclic) bond motifs is 1. The van der Waals surface area contributed by atoms with Crippen molar-refractivity contribution in [3.63, 3.8) is 0 Å². The van der Waals surface area contributed by atoms with Crippen LogP contribution in [-0.4, -0.2) is 19.6 Å². The van der Waals surface area contributed by atoms with Gasteiger partial charge in [0, 0.05) is 18.7 Å². The Bertz CT molecular complexity index is 704. The van der Waals surface area contributed by atoms with Gasteiger partial charge in [0.15, 0.2) is 0 Å². The van der Waals surface area contributed by atoms with E-state index in [2.05, 4.69) is 4.98 Å². The summed E-state index contributed by atoms with van der Waals surface area (Å²) in [6.45, 7) is 0. The lowest BCUT2D eigenvalue weighted by molar-refractivity contribution is 0.474. The molecule has 0 amide bonds. The van der Waals surface area contributed by atoms with E-state index in [1.165, 1.54) is 0 Å². The van der Waals surface area contributed by atoms with Gasteiger partial charge >= 0.3 is 0 Å². The molecule has 2 heterocycles. The van der Waals surface area contributed by atoms with Crippen molar-refractivity contribution in [1.82, 2.24) is 9.38 Å². The van der Waals surface area contributed by atoms with Crippen molar-refractivity contribution in [2.75, 3.05) is 0 Å². The second-order valence-electron chi connectivity index (χ2n) is 4.20. The Labute approximate surface area is 104 Å². The minimum absolute atomic E-state index is 0.228. The third-order valence-corrected chi connectivity index (χ3v) is 2.87. The Kier molecular flexibility index (Phi) is 2.41. The Hall–Kier alpha value is -2.49. The molecule has 0 fully saturated rings. The quantitative estimate of drug-likeness (QED) is 0.722. The minimum Gasteiger partial charge on any atom is -0.508 e. The Morgan fingerprint density at radius 3 is 2.72 bits per heavy atom. The van der Waals surface area contributed by atoms with E-state index in [1.807, 2.05) is 16.5 Å². The summed E-state index contributed by atoms with van der Waals surface area (Å²) in [4.78, 5) is 4.33. The van der Waals surface area contributed by atoms with Crippen molar-refractivity contribution in [3.8, 4) is 11.5 Å². The van der Waals surface area contributed by atoms with E-state index in [0.29, 0.717) is 6.42 Å². The molecule has 0 spiro atoms. The van der Waals surface area contributed by atoms with Crippen LogP contribution in [0.25, 0.3) is 5.52 Å². The van der Waals surface area contributed by atoms with Crippen LogP contribution in [0.3, 0.4) is 0 Å². The van der Waals surface area contributed by atoms with Crippen LogP contribution in [0.2, 0.25) is 0 Å². The molecule has 2 N–H and O–H groups in total. The highest BCUT2D eigenvalue weighted by Crippen LogP contribution is 2.18. The molecule has 0 aliphatic rings. The van der Waals surface area contributed by atoms with Gasteiger partial charge < -0.3 is 14.6 Å². The van der Waals surface area contributed by atoms with Crippen LogP contribution in [-0.2, 0) is 6.42 Å². The molecule has 0 unspecified atom stereocenters. The lowest BCUT2D eigenvalue weighted by Crippen LogP contribution is -1.95. The molecular weight excluding hydrogens is 228 g/mol. The lowest BCUT2D eigenvalue weighted by atomic mass is 10.1. The van der Waals surface area contributed by atoms with E-state index < -0.39 is 0 Å². The number of benzene rings is 1. The van der Waals surface area contributed by atoms with Crippen LogP contribution in [0.5, 0.6) is 11.5 Å². The van der Waals surface area contributed by atoms with Gasteiger partial charge in [-0.25, -0.2) is 4.98 Å². The molecule has 0 aliphatic heterocycles. The number of aromatic hydroxyl groups is 2. The van der Waals surface area contributed by atoms with Crippen LogP contribution in [0.1, 0.15) is 11.4 Å². The number of nitrogens with zero attached hydrogens (tertiary/aromatic N) is 2. The van der Waals surface area contributed by atoms with E-state index in [0.717, 1.165) is 16.9 Å². The first-order chi connectivity index (χ1) is 8.72. The smallest absolute Gasteiger partial charge is 0.119 e. The molecule has 2 aromatic heterocycles. The molecule has 0 saturated carbocycles. The SMILES string of the molecule is Oc1cccc(Cc2ncc3cc(O)ccn23)c1. The van der Waals surface area contributed by atoms with E-state index in [4.69, 9.17) is 0 Å². The standard InChI is InChI=1S/C14H12N2O2/c17-12-3-1-2-10(6-12)7-14-15-9-11-8-13(18)4-5-16(11)14/h1-6,8-9,17-18H,7H2. The third kappa shape index (κ3) is 1.88. The second-order valence-corrected chi connectivity index (χ2v) is 4.20. The first-order valence-corrected chi connectivity index (χ1v) is 5.65. The number of phenols is 1. The summed E-state index contributed by atoms with van der Waals surface area (Å²) in [5.74, 6) is 1.35. The average Bonchev–Trinajstić information content (AvgIpc) is 2.72. The fourth-order valence-corrected chi connectivity index (χ4v) is 2.02. The topological polar surface area (TPSA) is 57.8 Å². The molecule has 4 nitrogen and oxygen atoms in total. The highest BCUT2D eigenvalue weighted by molar-refractivity contribution is 5.50. The summed E-state index contributed by atoms with van der Waals surface area (Å²) in [5, 5.41) is 18.8. The Balaban J connectivity index is 2.00. The molecule has 0 saturated heterocycles. The fourth-order valence-electron chi connectivity index (χ4n) is 2.02. The second kappa shape index (κ2) is 4.07. The van der Waals surface area contributed by atoms with Crippen molar-refractivity contribution in [1.29, 1.82) is 0 Å². The zero-order valence-corrected chi connectivity index (χ0v) is 9.61. The third-order valence-electron chi connectivity index (χ3n) is 2.87. The summed E-state index contributed by atoms with van der Waals surface area (Å²) in [7, 11) is 0. The maximum atomic E-state index is 9.43.